The molecule has 0 aliphatic rings. The first kappa shape index (κ1) is 22.5. The van der Waals surface area contributed by atoms with Crippen LogP contribution < -0.4 is 0 Å². The van der Waals surface area contributed by atoms with E-state index in [1.165, 1.54) is 16.8 Å². The maximum atomic E-state index is 9.72. The second kappa shape index (κ2) is 9.90. The Bertz CT molecular complexity index is 1740. The van der Waals surface area contributed by atoms with Gasteiger partial charge in [0.05, 0.1) is 34.3 Å². The molecular weight excluding hydrogens is 438 g/mol. The van der Waals surface area contributed by atoms with Crippen molar-refractivity contribution in [1.29, 1.82) is 10.5 Å². The van der Waals surface area contributed by atoms with Gasteiger partial charge in [0, 0.05) is 22.5 Å². The Balaban J connectivity index is 1.71. The summed E-state index contributed by atoms with van der Waals surface area (Å²) in [5.74, 6) is 2.41. The Hall–Kier alpha value is -5.30. The molecule has 5 aromatic rings. The number of hydrogen-bond donors (Lipinski definition) is 0. The van der Waals surface area contributed by atoms with E-state index in [1.807, 2.05) is 30.3 Å². The van der Waals surface area contributed by atoms with E-state index in [1.54, 1.807) is 6.08 Å². The molecule has 0 aliphatic heterocycles. The van der Waals surface area contributed by atoms with Crippen LogP contribution in [0.15, 0.2) is 115 Å². The zero-order chi connectivity index (χ0) is 24.9. The quantitative estimate of drug-likeness (QED) is 0.155. The smallest absolute Gasteiger partial charge is 0.0998 e. The Morgan fingerprint density at radius 2 is 1.47 bits per heavy atom. The molecule has 4 aromatic carbocycles. The normalized spacial score (nSPS) is 11.4. The minimum atomic E-state index is 0.426. The highest BCUT2D eigenvalue weighted by molar-refractivity contribution is 6.09. The first-order valence-electron chi connectivity index (χ1n) is 11.6. The molecule has 0 aliphatic carbocycles. The number of nitrogens with zero attached hydrogens (tertiary/aromatic N) is 3. The monoisotopic (exact) mass is 459 g/mol. The number of allylic oxidation sites excluding steroid dienone is 4. The van der Waals surface area contributed by atoms with Gasteiger partial charge in [-0.3, -0.25) is 0 Å². The van der Waals surface area contributed by atoms with E-state index in [2.05, 4.69) is 89.4 Å². The number of terminal acetylenes is 1. The van der Waals surface area contributed by atoms with Crippen LogP contribution in [0.2, 0.25) is 0 Å². The third-order valence-corrected chi connectivity index (χ3v) is 6.27. The Labute approximate surface area is 210 Å². The molecule has 0 saturated heterocycles. The number of nitriles is 2. The molecule has 0 atom stereocenters. The van der Waals surface area contributed by atoms with E-state index in [0.29, 0.717) is 17.6 Å². The lowest BCUT2D eigenvalue weighted by molar-refractivity contribution is 1.15. The molecular formula is C33H21N3. The number of fused-ring (bicyclic) bond motifs is 3. The largest absolute Gasteiger partial charge is 0.309 e. The van der Waals surface area contributed by atoms with Crippen molar-refractivity contribution >= 4 is 21.8 Å². The van der Waals surface area contributed by atoms with Crippen LogP contribution in [0.5, 0.6) is 0 Å². The SMILES string of the molecule is C#C/C=C(C#N)\C=C/Cc1cc(-n2c3ccccc3c3ccccc32)ccc1-c1ccccc1C#N. The Kier molecular flexibility index (Phi) is 6.19. The maximum absolute atomic E-state index is 9.72. The van der Waals surface area contributed by atoms with Crippen molar-refractivity contribution in [2.75, 3.05) is 0 Å². The minimum Gasteiger partial charge on any atom is -0.309 e. The van der Waals surface area contributed by atoms with Crippen LogP contribution >= 0.6 is 0 Å². The van der Waals surface area contributed by atoms with Gasteiger partial charge in [0.15, 0.2) is 0 Å². The first-order chi connectivity index (χ1) is 17.7. The van der Waals surface area contributed by atoms with E-state index in [0.717, 1.165) is 33.4 Å². The summed E-state index contributed by atoms with van der Waals surface area (Å²) in [6.07, 6.45) is 11.1. The van der Waals surface area contributed by atoms with Gasteiger partial charge in [-0.25, -0.2) is 0 Å². The summed E-state index contributed by atoms with van der Waals surface area (Å²) in [5, 5.41) is 21.4. The van der Waals surface area contributed by atoms with Gasteiger partial charge in [0.1, 0.15) is 0 Å². The van der Waals surface area contributed by atoms with Crippen molar-refractivity contribution < 1.29 is 0 Å². The zero-order valence-corrected chi connectivity index (χ0v) is 19.5. The summed E-state index contributed by atoms with van der Waals surface area (Å²) in [5.41, 5.74) is 7.27. The number of aromatic nitrogens is 1. The Morgan fingerprint density at radius 3 is 2.14 bits per heavy atom. The molecule has 0 bridgehead atoms. The average molecular weight is 460 g/mol. The fourth-order valence-electron chi connectivity index (χ4n) is 4.69. The predicted molar refractivity (Wildman–Crippen MR) is 146 cm³/mol. The number of hydrogen-bond acceptors (Lipinski definition) is 2. The molecule has 5 rings (SSSR count). The summed E-state index contributed by atoms with van der Waals surface area (Å²) in [7, 11) is 0. The molecule has 1 aromatic heterocycles. The Morgan fingerprint density at radius 1 is 0.806 bits per heavy atom. The highest BCUT2D eigenvalue weighted by Crippen LogP contribution is 2.34. The lowest BCUT2D eigenvalue weighted by atomic mass is 9.93. The van der Waals surface area contributed by atoms with E-state index in [4.69, 9.17) is 6.42 Å². The number of benzene rings is 4. The minimum absolute atomic E-state index is 0.426. The average Bonchev–Trinajstić information content (AvgIpc) is 3.27. The van der Waals surface area contributed by atoms with E-state index >= 15 is 0 Å². The fourth-order valence-corrected chi connectivity index (χ4v) is 4.69. The summed E-state index contributed by atoms with van der Waals surface area (Å²) in [6.45, 7) is 0. The van der Waals surface area contributed by atoms with Crippen molar-refractivity contribution in [3.63, 3.8) is 0 Å². The van der Waals surface area contributed by atoms with E-state index in [-0.39, 0.29) is 0 Å². The van der Waals surface area contributed by atoms with Gasteiger partial charge in [0.25, 0.3) is 0 Å². The topological polar surface area (TPSA) is 52.5 Å². The van der Waals surface area contributed by atoms with Gasteiger partial charge in [-0.15, -0.1) is 6.42 Å². The maximum Gasteiger partial charge on any atom is 0.0998 e. The molecule has 0 fully saturated rings. The second-order valence-electron chi connectivity index (χ2n) is 8.35. The predicted octanol–water partition coefficient (Wildman–Crippen LogP) is 7.50. The molecule has 0 amide bonds. The van der Waals surface area contributed by atoms with Crippen molar-refractivity contribution in [2.45, 2.75) is 6.42 Å². The van der Waals surface area contributed by atoms with E-state index in [9.17, 15) is 10.5 Å². The van der Waals surface area contributed by atoms with Gasteiger partial charge in [-0.05, 0) is 59.5 Å². The van der Waals surface area contributed by atoms with Crippen molar-refractivity contribution in [3.8, 4) is 41.3 Å². The third kappa shape index (κ3) is 4.05. The molecule has 0 radical (unpaired) electrons. The van der Waals surface area contributed by atoms with Gasteiger partial charge in [-0.2, -0.15) is 10.5 Å². The standard InChI is InChI=1S/C33H21N3/c1-2-10-24(22-34)11-9-13-25-21-27(19-20-29(25)28-14-4-3-12-26(28)23-35)36-32-17-7-5-15-30(32)31-16-6-8-18-33(31)36/h1,3-12,14-21H,13H2/b11-9-,24-10+. The van der Waals surface area contributed by atoms with Crippen molar-refractivity contribution in [2.24, 2.45) is 0 Å². The van der Waals surface area contributed by atoms with Crippen LogP contribution in [0.25, 0.3) is 38.6 Å². The summed E-state index contributed by atoms with van der Waals surface area (Å²) in [4.78, 5) is 0. The third-order valence-electron chi connectivity index (χ3n) is 6.27. The molecule has 0 saturated carbocycles. The lowest BCUT2D eigenvalue weighted by Crippen LogP contribution is -1.98. The highest BCUT2D eigenvalue weighted by atomic mass is 15.0. The van der Waals surface area contributed by atoms with Gasteiger partial charge in [-0.1, -0.05) is 72.7 Å². The van der Waals surface area contributed by atoms with Crippen LogP contribution in [0.1, 0.15) is 11.1 Å². The zero-order valence-electron chi connectivity index (χ0n) is 19.5. The summed E-state index contributed by atoms with van der Waals surface area (Å²) >= 11 is 0. The molecule has 0 N–H and O–H groups in total. The van der Waals surface area contributed by atoms with Crippen LogP contribution in [0.3, 0.4) is 0 Å². The molecule has 0 spiro atoms. The van der Waals surface area contributed by atoms with Crippen LogP contribution in [0, 0.1) is 35.0 Å². The summed E-state index contributed by atoms with van der Waals surface area (Å²) in [6, 6.07) is 35.2. The molecule has 0 unspecified atom stereocenters. The first-order valence-corrected chi connectivity index (χ1v) is 11.6. The lowest BCUT2D eigenvalue weighted by Gasteiger charge is -2.14. The second-order valence-corrected chi connectivity index (χ2v) is 8.35. The van der Waals surface area contributed by atoms with Crippen LogP contribution in [-0.4, -0.2) is 4.57 Å². The van der Waals surface area contributed by atoms with Gasteiger partial charge in [0.2, 0.25) is 0 Å². The molecule has 1 heterocycles. The van der Waals surface area contributed by atoms with Crippen molar-refractivity contribution in [3.05, 3.63) is 126 Å². The van der Waals surface area contributed by atoms with E-state index < -0.39 is 0 Å². The molecule has 168 valence electrons. The summed E-state index contributed by atoms with van der Waals surface area (Å²) < 4.78 is 2.27. The molecule has 36 heavy (non-hydrogen) atoms. The highest BCUT2D eigenvalue weighted by Gasteiger charge is 2.14. The number of rotatable bonds is 5. The van der Waals surface area contributed by atoms with Crippen LogP contribution in [-0.2, 0) is 6.42 Å². The van der Waals surface area contributed by atoms with Gasteiger partial charge < -0.3 is 4.57 Å². The fraction of sp³-hybridized carbons (Fsp3) is 0.0303. The number of para-hydroxylation sites is 2. The van der Waals surface area contributed by atoms with Crippen molar-refractivity contribution in [1.82, 2.24) is 4.57 Å². The van der Waals surface area contributed by atoms with Gasteiger partial charge >= 0.3 is 0 Å². The molecule has 3 heteroatoms. The van der Waals surface area contributed by atoms with Crippen LogP contribution in [0.4, 0.5) is 0 Å². The molecule has 3 nitrogen and oxygen atoms in total.